The van der Waals surface area contributed by atoms with Crippen molar-refractivity contribution in [1.29, 1.82) is 0 Å². The fraction of sp³-hybridized carbons (Fsp3) is 0.360. The minimum absolute atomic E-state index is 0.262. The standard InChI is InChI=1S/C25H27Cl3N4O/c1-32(2)22-13-23(31-21-6-4-3-5-18(21)22)30-17-9-7-15(8-10-17)14-29-25(33)24-19(27)11-16(26)12-20(24)28/h3-6,11-13,15,17H,7-10,14H2,1-2H3,(H,29,33)(H,30,31). The number of rotatable bonds is 6. The Hall–Kier alpha value is -2.21. The lowest BCUT2D eigenvalue weighted by molar-refractivity contribution is 0.0943. The summed E-state index contributed by atoms with van der Waals surface area (Å²) < 4.78 is 0. The number of hydrogen-bond donors (Lipinski definition) is 2. The quantitative estimate of drug-likeness (QED) is 0.393. The van der Waals surface area contributed by atoms with E-state index in [9.17, 15) is 4.79 Å². The number of carbonyl (C=O) groups is 1. The number of aromatic nitrogens is 1. The first-order chi connectivity index (χ1) is 15.8. The molecule has 3 aromatic rings. The second-order valence-corrected chi connectivity index (χ2v) is 10.0. The van der Waals surface area contributed by atoms with Gasteiger partial charge < -0.3 is 15.5 Å². The lowest BCUT2D eigenvalue weighted by atomic mass is 9.86. The molecule has 33 heavy (non-hydrogen) atoms. The van der Waals surface area contributed by atoms with Crippen molar-refractivity contribution in [2.75, 3.05) is 30.9 Å². The second kappa shape index (κ2) is 10.4. The number of amides is 1. The lowest BCUT2D eigenvalue weighted by Gasteiger charge is -2.30. The first kappa shape index (κ1) is 23.9. The first-order valence-corrected chi connectivity index (χ1v) is 12.2. The molecule has 0 bridgehead atoms. The molecule has 1 aromatic heterocycles. The van der Waals surface area contributed by atoms with Crippen LogP contribution in [0, 0.1) is 5.92 Å². The van der Waals surface area contributed by atoms with Crippen molar-refractivity contribution in [3.8, 4) is 0 Å². The summed E-state index contributed by atoms with van der Waals surface area (Å²) in [6, 6.07) is 13.8. The number of nitrogens with zero attached hydrogens (tertiary/aromatic N) is 2. The number of hydrogen-bond acceptors (Lipinski definition) is 4. The predicted octanol–water partition coefficient (Wildman–Crippen LogP) is 6.66. The van der Waals surface area contributed by atoms with Gasteiger partial charge in [0, 0.05) is 48.8 Å². The molecule has 8 heteroatoms. The van der Waals surface area contributed by atoms with Gasteiger partial charge in [0.15, 0.2) is 0 Å². The Kier molecular flexibility index (Phi) is 7.52. The van der Waals surface area contributed by atoms with E-state index in [1.807, 2.05) is 18.2 Å². The lowest BCUT2D eigenvalue weighted by Crippen LogP contribution is -2.34. The van der Waals surface area contributed by atoms with Gasteiger partial charge in [-0.05, 0) is 49.8 Å². The molecule has 0 atom stereocenters. The van der Waals surface area contributed by atoms with Gasteiger partial charge >= 0.3 is 0 Å². The Morgan fingerprint density at radius 3 is 2.36 bits per heavy atom. The van der Waals surface area contributed by atoms with Crippen LogP contribution in [0.2, 0.25) is 15.1 Å². The third-order valence-electron chi connectivity index (χ3n) is 6.16. The Morgan fingerprint density at radius 2 is 1.70 bits per heavy atom. The summed E-state index contributed by atoms with van der Waals surface area (Å²) in [6.07, 6.45) is 4.09. The third kappa shape index (κ3) is 5.65. The van der Waals surface area contributed by atoms with Gasteiger partial charge in [0.05, 0.1) is 21.1 Å². The molecule has 0 radical (unpaired) electrons. The molecule has 5 nitrogen and oxygen atoms in total. The van der Waals surface area contributed by atoms with Gasteiger partial charge in [-0.15, -0.1) is 0 Å². The molecule has 4 rings (SSSR count). The van der Waals surface area contributed by atoms with E-state index in [0.29, 0.717) is 23.5 Å². The van der Waals surface area contributed by atoms with E-state index in [1.165, 1.54) is 12.1 Å². The third-order valence-corrected chi connectivity index (χ3v) is 6.97. The van der Waals surface area contributed by atoms with Crippen molar-refractivity contribution in [3.63, 3.8) is 0 Å². The van der Waals surface area contributed by atoms with Gasteiger partial charge in [0.2, 0.25) is 0 Å². The van der Waals surface area contributed by atoms with E-state index >= 15 is 0 Å². The maximum Gasteiger partial charge on any atom is 0.254 e. The molecule has 1 fully saturated rings. The molecule has 1 aliphatic rings. The SMILES string of the molecule is CN(C)c1cc(NC2CCC(CNC(=O)c3c(Cl)cc(Cl)cc3Cl)CC2)nc2ccccc12. The monoisotopic (exact) mass is 504 g/mol. The number of fused-ring (bicyclic) bond motifs is 1. The molecule has 2 aromatic carbocycles. The zero-order valence-electron chi connectivity index (χ0n) is 18.7. The number of nitrogens with one attached hydrogen (secondary N) is 2. The van der Waals surface area contributed by atoms with E-state index < -0.39 is 0 Å². The highest BCUT2D eigenvalue weighted by molar-refractivity contribution is 6.42. The molecule has 1 saturated carbocycles. The smallest absolute Gasteiger partial charge is 0.254 e. The van der Waals surface area contributed by atoms with E-state index in [2.05, 4.69) is 41.8 Å². The van der Waals surface area contributed by atoms with E-state index in [0.717, 1.165) is 48.1 Å². The van der Waals surface area contributed by atoms with Gasteiger partial charge in [-0.25, -0.2) is 4.98 Å². The van der Waals surface area contributed by atoms with Crippen LogP contribution in [-0.4, -0.2) is 37.6 Å². The Labute approximate surface area is 209 Å². The molecule has 1 amide bonds. The normalized spacial score (nSPS) is 18.2. The maximum absolute atomic E-state index is 12.6. The maximum atomic E-state index is 12.6. The van der Waals surface area contributed by atoms with Crippen molar-refractivity contribution in [2.45, 2.75) is 31.7 Å². The highest BCUT2D eigenvalue weighted by atomic mass is 35.5. The van der Waals surface area contributed by atoms with Gasteiger partial charge in [-0.3, -0.25) is 4.79 Å². The zero-order chi connectivity index (χ0) is 23.5. The molecule has 0 saturated heterocycles. The van der Waals surface area contributed by atoms with Crippen molar-refractivity contribution >= 4 is 63.1 Å². The Morgan fingerprint density at radius 1 is 1.03 bits per heavy atom. The highest BCUT2D eigenvalue weighted by Crippen LogP contribution is 2.31. The molecule has 0 spiro atoms. The molecule has 0 aliphatic heterocycles. The van der Waals surface area contributed by atoms with Gasteiger partial charge in [0.1, 0.15) is 5.82 Å². The fourth-order valence-electron chi connectivity index (χ4n) is 4.41. The summed E-state index contributed by atoms with van der Waals surface area (Å²) >= 11 is 18.3. The molecule has 1 heterocycles. The summed E-state index contributed by atoms with van der Waals surface area (Å²) in [5.74, 6) is 1.05. The summed E-state index contributed by atoms with van der Waals surface area (Å²) in [4.78, 5) is 19.5. The van der Waals surface area contributed by atoms with Crippen LogP contribution in [0.4, 0.5) is 11.5 Å². The first-order valence-electron chi connectivity index (χ1n) is 11.1. The van der Waals surface area contributed by atoms with Crippen LogP contribution >= 0.6 is 34.8 Å². The Balaban J connectivity index is 1.33. The number of benzene rings is 2. The minimum Gasteiger partial charge on any atom is -0.377 e. The Bertz CT molecular complexity index is 1140. The van der Waals surface area contributed by atoms with Crippen LogP contribution in [0.25, 0.3) is 10.9 Å². The van der Waals surface area contributed by atoms with Gasteiger partial charge in [-0.2, -0.15) is 0 Å². The number of pyridine rings is 1. The topological polar surface area (TPSA) is 57.3 Å². The van der Waals surface area contributed by atoms with Crippen LogP contribution in [0.15, 0.2) is 42.5 Å². The van der Waals surface area contributed by atoms with Crippen LogP contribution in [0.5, 0.6) is 0 Å². The summed E-state index contributed by atoms with van der Waals surface area (Å²) in [5, 5.41) is 8.69. The van der Waals surface area contributed by atoms with Crippen molar-refractivity contribution < 1.29 is 4.79 Å². The molecular weight excluding hydrogens is 479 g/mol. The van der Waals surface area contributed by atoms with Crippen LogP contribution in [0.3, 0.4) is 0 Å². The number of carbonyl (C=O) groups excluding carboxylic acids is 1. The summed E-state index contributed by atoms with van der Waals surface area (Å²) in [5.41, 5.74) is 2.42. The van der Waals surface area contributed by atoms with Crippen LogP contribution in [-0.2, 0) is 0 Å². The number of para-hydroxylation sites is 1. The molecule has 1 aliphatic carbocycles. The predicted molar refractivity (Wildman–Crippen MR) is 139 cm³/mol. The molecule has 174 valence electrons. The molecule has 0 unspecified atom stereocenters. The highest BCUT2D eigenvalue weighted by Gasteiger charge is 2.23. The average molecular weight is 506 g/mol. The molecule has 2 N–H and O–H groups in total. The van der Waals surface area contributed by atoms with Gasteiger partial charge in [-0.1, -0.05) is 53.0 Å². The fourth-order valence-corrected chi connectivity index (χ4v) is 5.39. The number of anilines is 2. The number of halogens is 3. The minimum atomic E-state index is -0.265. The van der Waals surface area contributed by atoms with E-state index in [1.54, 1.807) is 0 Å². The summed E-state index contributed by atoms with van der Waals surface area (Å²) in [6.45, 7) is 0.597. The van der Waals surface area contributed by atoms with Crippen molar-refractivity contribution in [3.05, 3.63) is 63.1 Å². The zero-order valence-corrected chi connectivity index (χ0v) is 20.9. The largest absolute Gasteiger partial charge is 0.377 e. The summed E-state index contributed by atoms with van der Waals surface area (Å²) in [7, 11) is 4.10. The van der Waals surface area contributed by atoms with E-state index in [-0.39, 0.29) is 21.5 Å². The molecular formula is C25H27Cl3N4O. The van der Waals surface area contributed by atoms with Crippen molar-refractivity contribution in [1.82, 2.24) is 10.3 Å². The van der Waals surface area contributed by atoms with Crippen molar-refractivity contribution in [2.24, 2.45) is 5.92 Å². The van der Waals surface area contributed by atoms with Gasteiger partial charge in [0.25, 0.3) is 5.91 Å². The average Bonchev–Trinajstić information content (AvgIpc) is 2.77. The second-order valence-electron chi connectivity index (χ2n) is 8.75. The van der Waals surface area contributed by atoms with Crippen LogP contribution in [0.1, 0.15) is 36.0 Å². The van der Waals surface area contributed by atoms with E-state index in [4.69, 9.17) is 39.8 Å². The van der Waals surface area contributed by atoms with Crippen LogP contribution < -0.4 is 15.5 Å².